The van der Waals surface area contributed by atoms with E-state index < -0.39 is 0 Å². The van der Waals surface area contributed by atoms with Gasteiger partial charge in [0, 0.05) is 24.0 Å². The molecule has 4 heteroatoms. The van der Waals surface area contributed by atoms with Gasteiger partial charge in [0.15, 0.2) is 0 Å². The Morgan fingerprint density at radius 2 is 1.89 bits per heavy atom. The Labute approximate surface area is 173 Å². The summed E-state index contributed by atoms with van der Waals surface area (Å²) in [7, 11) is 0. The highest BCUT2D eigenvalue weighted by atomic mass is 35.5. The molecule has 0 aliphatic heterocycles. The minimum Gasteiger partial charge on any atom is -0.490 e. The van der Waals surface area contributed by atoms with Crippen molar-refractivity contribution in [2.75, 3.05) is 0 Å². The number of rotatable bonds is 2. The number of pyridine rings is 1. The van der Waals surface area contributed by atoms with E-state index in [-0.39, 0.29) is 11.7 Å². The Hall–Kier alpha value is -0.960. The largest absolute Gasteiger partial charge is 0.490 e. The molecule has 0 radical (unpaired) electrons. The fourth-order valence-corrected chi connectivity index (χ4v) is 8.22. The first-order chi connectivity index (χ1) is 13.4. The molecule has 4 aliphatic carbocycles. The van der Waals surface area contributed by atoms with Gasteiger partial charge in [-0.25, -0.2) is 4.09 Å². The minimum atomic E-state index is -0.218. The quantitative estimate of drug-likeness (QED) is 0.603. The van der Waals surface area contributed by atoms with Gasteiger partial charge in [0.1, 0.15) is 5.75 Å². The molecule has 0 saturated heterocycles. The van der Waals surface area contributed by atoms with E-state index in [1.54, 1.807) is 6.20 Å². The van der Waals surface area contributed by atoms with Gasteiger partial charge in [0.05, 0.1) is 6.10 Å². The average molecular weight is 404 g/mol. The van der Waals surface area contributed by atoms with E-state index in [2.05, 4.69) is 13.8 Å². The number of ether oxygens (including phenoxy) is 1. The van der Waals surface area contributed by atoms with Gasteiger partial charge in [-0.2, -0.15) is 0 Å². The second-order valence-corrected chi connectivity index (χ2v) is 11.1. The minimum absolute atomic E-state index is 0.218. The number of halogens is 1. The van der Waals surface area contributed by atoms with Crippen LogP contribution in [0.1, 0.15) is 78.1 Å². The van der Waals surface area contributed by atoms with Crippen molar-refractivity contribution in [2.24, 2.45) is 34.5 Å². The third kappa shape index (κ3) is 2.95. The number of hydrogen-bond donors (Lipinski definition) is 0. The highest BCUT2D eigenvalue weighted by molar-refractivity contribution is 6.15. The maximum absolute atomic E-state index is 11.8. The zero-order valence-electron chi connectivity index (χ0n) is 17.3. The average Bonchev–Trinajstić information content (AvgIpc) is 3.06. The van der Waals surface area contributed by atoms with Crippen molar-refractivity contribution in [3.63, 3.8) is 0 Å². The maximum Gasteiger partial charge on any atom is 0.268 e. The zero-order valence-corrected chi connectivity index (χ0v) is 18.1. The molecule has 1 aromatic heterocycles. The van der Waals surface area contributed by atoms with Gasteiger partial charge in [0.25, 0.3) is 5.56 Å². The Bertz CT molecular complexity index is 806. The Morgan fingerprint density at radius 3 is 2.71 bits per heavy atom. The van der Waals surface area contributed by atoms with Crippen LogP contribution in [0.5, 0.6) is 5.75 Å². The van der Waals surface area contributed by atoms with E-state index in [4.69, 9.17) is 16.5 Å². The lowest BCUT2D eigenvalue weighted by Crippen LogP contribution is -2.54. The molecule has 0 amide bonds. The molecule has 0 spiro atoms. The lowest BCUT2D eigenvalue weighted by molar-refractivity contribution is -0.121. The standard InChI is InChI=1S/C24H34ClNO2/c1-23-11-3-4-20(23)19-8-6-16-5-7-18(15-24(16,2)21(19)9-12-23)28-17-10-13-26(25)22(27)14-17/h10,13-14,16,18-21H,3-9,11-12,15H2,1-2H3/t16?,18?,19-,20-,21+,23-,24-/m0/s1. The van der Waals surface area contributed by atoms with E-state index in [1.807, 2.05) is 6.07 Å². The first-order valence-corrected chi connectivity index (χ1v) is 11.8. The monoisotopic (exact) mass is 403 g/mol. The van der Waals surface area contributed by atoms with Crippen molar-refractivity contribution < 1.29 is 4.74 Å². The molecule has 0 N–H and O–H groups in total. The predicted octanol–water partition coefficient (Wildman–Crippen LogP) is 6.03. The molecule has 4 aliphatic rings. The second-order valence-electron chi connectivity index (χ2n) is 10.8. The summed E-state index contributed by atoms with van der Waals surface area (Å²) in [5.41, 5.74) is 0.807. The molecule has 4 saturated carbocycles. The molecular weight excluding hydrogens is 370 g/mol. The fourth-order valence-electron chi connectivity index (χ4n) is 8.11. The van der Waals surface area contributed by atoms with Crippen molar-refractivity contribution in [2.45, 2.75) is 84.2 Å². The van der Waals surface area contributed by atoms with Crippen LogP contribution in [-0.4, -0.2) is 10.2 Å². The van der Waals surface area contributed by atoms with Crippen molar-refractivity contribution in [1.29, 1.82) is 0 Å². The van der Waals surface area contributed by atoms with E-state index >= 15 is 0 Å². The van der Waals surface area contributed by atoms with Gasteiger partial charge < -0.3 is 4.74 Å². The maximum atomic E-state index is 11.8. The summed E-state index contributed by atoms with van der Waals surface area (Å²) >= 11 is 5.82. The topological polar surface area (TPSA) is 31.2 Å². The normalized spacial score (nSPS) is 45.0. The summed E-state index contributed by atoms with van der Waals surface area (Å²) < 4.78 is 7.40. The molecule has 7 atom stereocenters. The first-order valence-electron chi connectivity index (χ1n) is 11.4. The SMILES string of the molecule is C[C@@]12CCC[C@H]1[C@@H]1CCC3CCC(Oc4ccn(Cl)c(=O)c4)C[C@]3(C)[C@@H]1CC2. The number of fused-ring (bicyclic) bond motifs is 5. The van der Waals surface area contributed by atoms with Crippen LogP contribution in [0.25, 0.3) is 0 Å². The van der Waals surface area contributed by atoms with Crippen LogP contribution in [0.2, 0.25) is 0 Å². The molecule has 2 unspecified atom stereocenters. The summed E-state index contributed by atoms with van der Waals surface area (Å²) in [6.07, 6.45) is 15.4. The molecular formula is C24H34ClNO2. The molecule has 0 aromatic carbocycles. The van der Waals surface area contributed by atoms with Crippen LogP contribution in [0.4, 0.5) is 0 Å². The predicted molar refractivity (Wildman–Crippen MR) is 113 cm³/mol. The van der Waals surface area contributed by atoms with Crippen LogP contribution in [0.15, 0.2) is 23.1 Å². The van der Waals surface area contributed by atoms with Crippen LogP contribution in [0, 0.1) is 34.5 Å². The van der Waals surface area contributed by atoms with Gasteiger partial charge in [-0.1, -0.05) is 20.3 Å². The number of hydrogen-bond acceptors (Lipinski definition) is 2. The van der Waals surface area contributed by atoms with Crippen molar-refractivity contribution in [3.05, 3.63) is 28.7 Å². The molecule has 0 bridgehead atoms. The van der Waals surface area contributed by atoms with Gasteiger partial charge in [-0.05, 0) is 98.4 Å². The van der Waals surface area contributed by atoms with Gasteiger partial charge in [0.2, 0.25) is 0 Å². The van der Waals surface area contributed by atoms with Crippen molar-refractivity contribution >= 4 is 11.8 Å². The fraction of sp³-hybridized carbons (Fsp3) is 0.792. The van der Waals surface area contributed by atoms with E-state index in [1.165, 1.54) is 57.4 Å². The smallest absolute Gasteiger partial charge is 0.268 e. The van der Waals surface area contributed by atoms with Crippen molar-refractivity contribution in [3.8, 4) is 5.75 Å². The van der Waals surface area contributed by atoms with Gasteiger partial charge >= 0.3 is 0 Å². The zero-order chi connectivity index (χ0) is 19.5. The molecule has 1 aromatic rings. The number of aromatic nitrogens is 1. The van der Waals surface area contributed by atoms with Gasteiger partial charge in [-0.3, -0.25) is 4.79 Å². The lowest BCUT2D eigenvalue weighted by atomic mass is 9.45. The Kier molecular flexibility index (Phi) is 4.61. The van der Waals surface area contributed by atoms with Crippen LogP contribution >= 0.6 is 11.8 Å². The highest BCUT2D eigenvalue weighted by Crippen LogP contribution is 2.66. The van der Waals surface area contributed by atoms with E-state index in [0.717, 1.165) is 40.6 Å². The Morgan fingerprint density at radius 1 is 1.07 bits per heavy atom. The van der Waals surface area contributed by atoms with Gasteiger partial charge in [-0.15, -0.1) is 0 Å². The highest BCUT2D eigenvalue weighted by Gasteiger charge is 2.58. The van der Waals surface area contributed by atoms with E-state index in [0.29, 0.717) is 16.6 Å². The van der Waals surface area contributed by atoms with E-state index in [9.17, 15) is 4.79 Å². The summed E-state index contributed by atoms with van der Waals surface area (Å²) in [4.78, 5) is 11.8. The molecule has 28 heavy (non-hydrogen) atoms. The summed E-state index contributed by atoms with van der Waals surface area (Å²) in [6.45, 7) is 5.17. The molecule has 1 heterocycles. The van der Waals surface area contributed by atoms with Crippen molar-refractivity contribution in [1.82, 2.24) is 4.09 Å². The molecule has 4 fully saturated rings. The molecule has 5 rings (SSSR count). The third-order valence-electron chi connectivity index (χ3n) is 9.50. The first kappa shape index (κ1) is 19.0. The summed E-state index contributed by atoms with van der Waals surface area (Å²) in [6, 6.07) is 3.34. The van der Waals surface area contributed by atoms with Crippen LogP contribution in [-0.2, 0) is 0 Å². The molecule has 154 valence electrons. The van der Waals surface area contributed by atoms with Crippen LogP contribution in [0.3, 0.4) is 0 Å². The lowest BCUT2D eigenvalue weighted by Gasteiger charge is -2.60. The second kappa shape index (κ2) is 6.79. The Balaban J connectivity index is 1.36. The number of nitrogens with zero attached hydrogens (tertiary/aromatic N) is 1. The summed E-state index contributed by atoms with van der Waals surface area (Å²) in [5, 5.41) is 0. The van der Waals surface area contributed by atoms with Crippen LogP contribution < -0.4 is 10.3 Å². The third-order valence-corrected chi connectivity index (χ3v) is 9.78. The molecule has 3 nitrogen and oxygen atoms in total. The summed E-state index contributed by atoms with van der Waals surface area (Å²) in [5.74, 6) is 4.29.